The molecule has 0 saturated heterocycles. The van der Waals surface area contributed by atoms with Crippen LogP contribution in [-0.2, 0) is 4.79 Å². The maximum absolute atomic E-state index is 10.8. The monoisotopic (exact) mass is 191 g/mol. The lowest BCUT2D eigenvalue weighted by Crippen LogP contribution is -2.31. The normalized spacial score (nSPS) is 29.7. The molecule has 14 heavy (non-hydrogen) atoms. The van der Waals surface area contributed by atoms with E-state index in [1.165, 1.54) is 0 Å². The fourth-order valence-corrected chi connectivity index (χ4v) is 2.07. The molecule has 0 amide bonds. The van der Waals surface area contributed by atoms with Gasteiger partial charge in [-0.05, 0) is 0 Å². The molecule has 74 valence electrons. The van der Waals surface area contributed by atoms with E-state index in [0.29, 0.717) is 0 Å². The van der Waals surface area contributed by atoms with Crippen molar-refractivity contribution in [2.24, 2.45) is 5.92 Å². The SMILES string of the molecule is CN1C(CO)=CC2C(C=O)=CC=CC21. The minimum absolute atomic E-state index is 0.0312. The number of fused-ring (bicyclic) bond motifs is 1. The van der Waals surface area contributed by atoms with Crippen molar-refractivity contribution in [3.8, 4) is 0 Å². The second kappa shape index (κ2) is 3.42. The molecule has 1 N–H and O–H groups in total. The molecule has 3 heteroatoms. The highest BCUT2D eigenvalue weighted by Gasteiger charge is 2.33. The number of allylic oxidation sites excluding steroid dienone is 2. The quantitative estimate of drug-likeness (QED) is 0.646. The van der Waals surface area contributed by atoms with Gasteiger partial charge in [-0.15, -0.1) is 0 Å². The lowest BCUT2D eigenvalue weighted by molar-refractivity contribution is -0.105. The van der Waals surface area contributed by atoms with Crippen molar-refractivity contribution >= 4 is 6.29 Å². The van der Waals surface area contributed by atoms with Crippen LogP contribution in [0.25, 0.3) is 0 Å². The van der Waals surface area contributed by atoms with Gasteiger partial charge >= 0.3 is 0 Å². The van der Waals surface area contributed by atoms with Crippen LogP contribution in [0.1, 0.15) is 0 Å². The molecule has 0 fully saturated rings. The summed E-state index contributed by atoms with van der Waals surface area (Å²) >= 11 is 0. The van der Waals surface area contributed by atoms with Gasteiger partial charge < -0.3 is 10.0 Å². The molecular formula is C11H13NO2. The van der Waals surface area contributed by atoms with E-state index in [-0.39, 0.29) is 18.6 Å². The summed E-state index contributed by atoms with van der Waals surface area (Å²) < 4.78 is 0. The Bertz CT molecular complexity index is 341. The summed E-state index contributed by atoms with van der Waals surface area (Å²) in [7, 11) is 1.94. The molecule has 0 bridgehead atoms. The molecule has 1 aliphatic carbocycles. The van der Waals surface area contributed by atoms with Crippen molar-refractivity contribution in [3.05, 3.63) is 35.6 Å². The molecule has 0 aromatic heterocycles. The molecule has 0 aromatic rings. The maximum atomic E-state index is 10.8. The third-order valence-corrected chi connectivity index (χ3v) is 2.92. The number of nitrogens with zero attached hydrogens (tertiary/aromatic N) is 1. The summed E-state index contributed by atoms with van der Waals surface area (Å²) in [6.45, 7) is 0.0312. The number of hydrogen-bond acceptors (Lipinski definition) is 3. The van der Waals surface area contributed by atoms with Crippen LogP contribution in [0, 0.1) is 5.92 Å². The third kappa shape index (κ3) is 1.21. The highest BCUT2D eigenvalue weighted by Crippen LogP contribution is 2.33. The molecule has 2 rings (SSSR count). The van der Waals surface area contributed by atoms with Gasteiger partial charge in [0.25, 0.3) is 0 Å². The zero-order chi connectivity index (χ0) is 10.1. The van der Waals surface area contributed by atoms with Crippen LogP contribution in [0.5, 0.6) is 0 Å². The highest BCUT2D eigenvalue weighted by molar-refractivity contribution is 5.76. The summed E-state index contributed by atoms with van der Waals surface area (Å²) in [6.07, 6.45) is 8.64. The van der Waals surface area contributed by atoms with E-state index >= 15 is 0 Å². The zero-order valence-electron chi connectivity index (χ0n) is 8.05. The maximum Gasteiger partial charge on any atom is 0.146 e. The number of aliphatic hydroxyl groups excluding tert-OH is 1. The van der Waals surface area contributed by atoms with Gasteiger partial charge in [0, 0.05) is 24.2 Å². The second-order valence-corrected chi connectivity index (χ2v) is 3.61. The van der Waals surface area contributed by atoms with Crippen molar-refractivity contribution < 1.29 is 9.90 Å². The predicted octanol–water partition coefficient (Wildman–Crippen LogP) is 0.488. The Balaban J connectivity index is 2.33. The van der Waals surface area contributed by atoms with Crippen LogP contribution < -0.4 is 0 Å². The fraction of sp³-hybridized carbons (Fsp3) is 0.364. The first kappa shape index (κ1) is 9.21. The van der Waals surface area contributed by atoms with Gasteiger partial charge in [0.15, 0.2) is 0 Å². The van der Waals surface area contributed by atoms with Crippen molar-refractivity contribution in [3.63, 3.8) is 0 Å². The van der Waals surface area contributed by atoms with Crippen molar-refractivity contribution in [1.82, 2.24) is 4.90 Å². The molecular weight excluding hydrogens is 178 g/mol. The van der Waals surface area contributed by atoms with Gasteiger partial charge in [-0.25, -0.2) is 0 Å². The van der Waals surface area contributed by atoms with Gasteiger partial charge in [0.05, 0.1) is 12.6 Å². The smallest absolute Gasteiger partial charge is 0.146 e. The molecule has 1 aliphatic heterocycles. The van der Waals surface area contributed by atoms with Crippen LogP contribution in [0.4, 0.5) is 0 Å². The predicted molar refractivity (Wildman–Crippen MR) is 53.5 cm³/mol. The zero-order valence-corrected chi connectivity index (χ0v) is 8.05. The molecule has 1 heterocycles. The number of likely N-dealkylation sites (N-methyl/N-ethyl adjacent to an activating group) is 1. The first-order chi connectivity index (χ1) is 6.77. The molecule has 0 saturated carbocycles. The van der Waals surface area contributed by atoms with Gasteiger partial charge in [0.2, 0.25) is 0 Å². The molecule has 2 unspecified atom stereocenters. The Kier molecular flexibility index (Phi) is 2.25. The first-order valence-corrected chi connectivity index (χ1v) is 4.66. The number of carbonyl (C=O) groups is 1. The van der Waals surface area contributed by atoms with Crippen molar-refractivity contribution in [1.29, 1.82) is 0 Å². The van der Waals surface area contributed by atoms with E-state index in [4.69, 9.17) is 5.11 Å². The van der Waals surface area contributed by atoms with E-state index in [9.17, 15) is 4.79 Å². The number of hydrogen-bond donors (Lipinski definition) is 1. The van der Waals surface area contributed by atoms with E-state index in [0.717, 1.165) is 17.6 Å². The lowest BCUT2D eigenvalue weighted by atomic mass is 9.89. The third-order valence-electron chi connectivity index (χ3n) is 2.92. The van der Waals surface area contributed by atoms with Crippen LogP contribution in [0.2, 0.25) is 0 Å². The van der Waals surface area contributed by atoms with E-state index in [1.54, 1.807) is 0 Å². The summed E-state index contributed by atoms with van der Waals surface area (Å²) in [6, 6.07) is 0.197. The Hall–Kier alpha value is -1.35. The molecule has 0 aromatic carbocycles. The van der Waals surface area contributed by atoms with Crippen LogP contribution >= 0.6 is 0 Å². The van der Waals surface area contributed by atoms with Gasteiger partial charge in [-0.3, -0.25) is 4.79 Å². The van der Waals surface area contributed by atoms with Crippen molar-refractivity contribution in [2.75, 3.05) is 13.7 Å². The van der Waals surface area contributed by atoms with Crippen LogP contribution in [0.3, 0.4) is 0 Å². The van der Waals surface area contributed by atoms with Gasteiger partial charge in [-0.1, -0.05) is 24.3 Å². The van der Waals surface area contributed by atoms with Crippen LogP contribution in [0.15, 0.2) is 35.6 Å². The molecule has 2 aliphatic rings. The lowest BCUT2D eigenvalue weighted by Gasteiger charge is -2.27. The Morgan fingerprint density at radius 3 is 3.07 bits per heavy atom. The Morgan fingerprint density at radius 1 is 1.64 bits per heavy atom. The average Bonchev–Trinajstić information content (AvgIpc) is 2.55. The number of aliphatic hydroxyl groups is 1. The Morgan fingerprint density at radius 2 is 2.43 bits per heavy atom. The summed E-state index contributed by atoms with van der Waals surface area (Å²) in [5, 5.41) is 9.10. The molecule has 0 spiro atoms. The minimum Gasteiger partial charge on any atom is -0.390 e. The largest absolute Gasteiger partial charge is 0.390 e. The number of carbonyl (C=O) groups excluding carboxylic acids is 1. The fourth-order valence-electron chi connectivity index (χ4n) is 2.07. The van der Waals surface area contributed by atoms with Crippen molar-refractivity contribution in [2.45, 2.75) is 6.04 Å². The first-order valence-electron chi connectivity index (χ1n) is 4.66. The Labute approximate surface area is 83.0 Å². The minimum atomic E-state index is 0.0312. The van der Waals surface area contributed by atoms with Gasteiger partial charge in [-0.2, -0.15) is 0 Å². The van der Waals surface area contributed by atoms with Gasteiger partial charge in [0.1, 0.15) is 6.29 Å². The molecule has 2 atom stereocenters. The molecule has 3 nitrogen and oxygen atoms in total. The summed E-state index contributed by atoms with van der Waals surface area (Å²) in [4.78, 5) is 12.8. The highest BCUT2D eigenvalue weighted by atomic mass is 16.3. The standard InChI is InChI=1S/C11H13NO2/c1-12-9(7-14)5-10-8(6-13)3-2-4-11(10)12/h2-6,10-11,14H,7H2,1H3. The number of aldehydes is 1. The average molecular weight is 191 g/mol. The summed E-state index contributed by atoms with van der Waals surface area (Å²) in [5.74, 6) is 0.115. The van der Waals surface area contributed by atoms with Crippen LogP contribution in [-0.4, -0.2) is 36.0 Å². The second-order valence-electron chi connectivity index (χ2n) is 3.61. The van der Waals surface area contributed by atoms with E-state index < -0.39 is 0 Å². The van der Waals surface area contributed by atoms with E-state index in [2.05, 4.69) is 6.08 Å². The number of rotatable bonds is 2. The molecule has 0 radical (unpaired) electrons. The topological polar surface area (TPSA) is 40.5 Å². The summed E-state index contributed by atoms with van der Waals surface area (Å²) in [5.41, 5.74) is 1.67. The van der Waals surface area contributed by atoms with E-state index in [1.807, 2.05) is 30.2 Å².